The molecule has 8 nitrogen and oxygen atoms in total. The van der Waals surface area contributed by atoms with Gasteiger partial charge in [0.25, 0.3) is 0 Å². The monoisotopic (exact) mass is 412 g/mol. The van der Waals surface area contributed by atoms with E-state index in [-0.39, 0.29) is 11.9 Å². The molecule has 9 heteroatoms. The van der Waals surface area contributed by atoms with E-state index in [1.807, 2.05) is 24.0 Å². The van der Waals surface area contributed by atoms with Crippen LogP contribution in [0.15, 0.2) is 36.0 Å². The van der Waals surface area contributed by atoms with Crippen molar-refractivity contribution in [2.45, 2.75) is 37.1 Å². The summed E-state index contributed by atoms with van der Waals surface area (Å²) in [5, 5.41) is 15.5. The average molecular weight is 413 g/mol. The Balaban J connectivity index is 1.20. The normalized spacial score (nSPS) is 26.8. The molecule has 5 rings (SSSR count). The van der Waals surface area contributed by atoms with E-state index in [0.717, 1.165) is 35.7 Å². The van der Waals surface area contributed by atoms with Gasteiger partial charge in [0.15, 0.2) is 5.16 Å². The van der Waals surface area contributed by atoms with Crippen molar-refractivity contribution in [2.24, 2.45) is 11.8 Å². The number of nitrogens with zero attached hydrogens (tertiary/aromatic N) is 5. The molecule has 152 valence electrons. The fraction of sp³-hybridized carbons (Fsp3) is 0.500. The maximum atomic E-state index is 12.8. The predicted molar refractivity (Wildman–Crippen MR) is 109 cm³/mol. The molecule has 2 N–H and O–H groups in total. The highest BCUT2D eigenvalue weighted by atomic mass is 32.2. The highest BCUT2D eigenvalue weighted by molar-refractivity contribution is 7.99. The first-order valence-electron chi connectivity index (χ1n) is 9.96. The number of aromatic nitrogens is 5. The summed E-state index contributed by atoms with van der Waals surface area (Å²) in [7, 11) is 0. The zero-order valence-electron chi connectivity index (χ0n) is 16.2. The van der Waals surface area contributed by atoms with Crippen molar-refractivity contribution < 1.29 is 9.90 Å². The minimum absolute atomic E-state index is 0.0535. The second kappa shape index (κ2) is 7.46. The molecule has 1 saturated carbocycles. The summed E-state index contributed by atoms with van der Waals surface area (Å²) < 4.78 is 1.75. The quantitative estimate of drug-likeness (QED) is 0.636. The summed E-state index contributed by atoms with van der Waals surface area (Å²) >= 11 is 1.45. The third-order valence-corrected chi connectivity index (χ3v) is 7.04. The summed E-state index contributed by atoms with van der Waals surface area (Å²) in [6, 6.07) is 6.04. The number of rotatable bonds is 4. The van der Waals surface area contributed by atoms with E-state index in [2.05, 4.69) is 26.1 Å². The van der Waals surface area contributed by atoms with Crippen LogP contribution in [0.25, 0.3) is 11.0 Å². The van der Waals surface area contributed by atoms with Gasteiger partial charge in [-0.05, 0) is 49.3 Å². The molecule has 2 aliphatic rings. The van der Waals surface area contributed by atoms with E-state index in [1.165, 1.54) is 23.7 Å². The number of carbonyl (C=O) groups excluding carboxylic acids is 1. The minimum Gasteiger partial charge on any atom is -0.391 e. The number of aliphatic hydroxyl groups excluding tert-OH is 1. The Bertz CT molecular complexity index is 1020. The van der Waals surface area contributed by atoms with Gasteiger partial charge in [-0.3, -0.25) is 4.79 Å². The molecule has 29 heavy (non-hydrogen) atoms. The van der Waals surface area contributed by atoms with Crippen LogP contribution in [-0.4, -0.2) is 65.6 Å². The molecule has 2 fully saturated rings. The molecular weight excluding hydrogens is 388 g/mol. The molecule has 2 aromatic heterocycles. The maximum absolute atomic E-state index is 12.8. The third-order valence-electron chi connectivity index (χ3n) is 6.19. The molecule has 0 bridgehead atoms. The van der Waals surface area contributed by atoms with E-state index in [0.29, 0.717) is 24.0 Å². The van der Waals surface area contributed by atoms with Crippen LogP contribution in [0.4, 0.5) is 0 Å². The minimum atomic E-state index is -0.443. The van der Waals surface area contributed by atoms with Gasteiger partial charge in [0.05, 0.1) is 28.9 Å². The number of hydrogen-bond acceptors (Lipinski definition) is 6. The second-order valence-electron chi connectivity index (χ2n) is 8.15. The molecule has 1 saturated heterocycles. The van der Waals surface area contributed by atoms with Crippen molar-refractivity contribution >= 4 is 28.7 Å². The van der Waals surface area contributed by atoms with E-state index in [1.54, 1.807) is 11.0 Å². The van der Waals surface area contributed by atoms with Crippen LogP contribution >= 0.6 is 11.8 Å². The molecule has 1 aliphatic carbocycles. The van der Waals surface area contributed by atoms with Crippen molar-refractivity contribution in [1.82, 2.24) is 29.6 Å². The number of thioether (sulfide) groups is 1. The summed E-state index contributed by atoms with van der Waals surface area (Å²) in [6.45, 7) is 3.53. The number of imidazole rings is 1. The lowest BCUT2D eigenvalue weighted by Crippen LogP contribution is -2.36. The molecule has 1 amide bonds. The van der Waals surface area contributed by atoms with Crippen molar-refractivity contribution in [3.05, 3.63) is 36.4 Å². The third kappa shape index (κ3) is 3.64. The van der Waals surface area contributed by atoms with Crippen molar-refractivity contribution in [1.29, 1.82) is 0 Å². The standard InChI is InChI=1S/C20H24N6O2S/c1-12-2-3-15-16(4-12)24-20(23-15)29-9-19(28)25-7-13-5-17(26-11-21-10-22-26)18(27)6-14(13)8-25/h2-4,10-11,13-14,17-18,27H,5-9H2,1H3,(H,23,24)/t13-,14+,17-,18-/m1/s1. The number of benzene rings is 1. The Hall–Kier alpha value is -2.39. The second-order valence-corrected chi connectivity index (χ2v) is 9.12. The smallest absolute Gasteiger partial charge is 0.233 e. The van der Waals surface area contributed by atoms with Gasteiger partial charge in [0.2, 0.25) is 5.91 Å². The lowest BCUT2D eigenvalue weighted by molar-refractivity contribution is -0.127. The highest BCUT2D eigenvalue weighted by Crippen LogP contribution is 2.41. The van der Waals surface area contributed by atoms with E-state index in [4.69, 9.17) is 0 Å². The van der Waals surface area contributed by atoms with Gasteiger partial charge in [-0.1, -0.05) is 17.8 Å². The summed E-state index contributed by atoms with van der Waals surface area (Å²) in [5.41, 5.74) is 3.10. The molecule has 0 unspecified atom stereocenters. The summed E-state index contributed by atoms with van der Waals surface area (Å²) in [6.07, 6.45) is 4.25. The van der Waals surface area contributed by atoms with Crippen molar-refractivity contribution in [3.8, 4) is 0 Å². The van der Waals surface area contributed by atoms with Crippen molar-refractivity contribution in [3.63, 3.8) is 0 Å². The van der Waals surface area contributed by atoms with Crippen LogP contribution in [0.3, 0.4) is 0 Å². The Kier molecular flexibility index (Phi) is 4.79. The van der Waals surface area contributed by atoms with Gasteiger partial charge in [0, 0.05) is 13.1 Å². The van der Waals surface area contributed by atoms with Gasteiger partial charge in [0.1, 0.15) is 12.7 Å². The lowest BCUT2D eigenvalue weighted by atomic mass is 9.77. The highest BCUT2D eigenvalue weighted by Gasteiger charge is 2.43. The average Bonchev–Trinajstić information content (AvgIpc) is 3.43. The fourth-order valence-electron chi connectivity index (χ4n) is 4.67. The van der Waals surface area contributed by atoms with Crippen LogP contribution in [0.1, 0.15) is 24.4 Å². The fourth-order valence-corrected chi connectivity index (χ4v) is 5.46. The van der Waals surface area contributed by atoms with Crippen molar-refractivity contribution in [2.75, 3.05) is 18.8 Å². The first kappa shape index (κ1) is 18.6. The number of aliphatic hydroxyl groups is 1. The molecule has 0 radical (unpaired) electrons. The Morgan fingerprint density at radius 3 is 2.93 bits per heavy atom. The summed E-state index contributed by atoms with van der Waals surface area (Å²) in [5.74, 6) is 1.25. The molecule has 3 heterocycles. The van der Waals surface area contributed by atoms with Gasteiger partial charge >= 0.3 is 0 Å². The number of hydrogen-bond donors (Lipinski definition) is 2. The zero-order valence-corrected chi connectivity index (χ0v) is 17.0. The van der Waals surface area contributed by atoms with Crippen LogP contribution in [-0.2, 0) is 4.79 Å². The SMILES string of the molecule is Cc1ccc2nc(SCC(=O)N3C[C@H]4C[C@@H](n5cncn5)[C@H](O)C[C@H]4C3)[nH]c2c1. The number of aryl methyl sites for hydroxylation is 1. The molecule has 1 aromatic carbocycles. The Labute approximate surface area is 172 Å². The molecule has 1 aliphatic heterocycles. The Morgan fingerprint density at radius 2 is 2.14 bits per heavy atom. The number of aromatic amines is 1. The molecule has 0 spiro atoms. The van der Waals surface area contributed by atoms with E-state index in [9.17, 15) is 9.90 Å². The van der Waals surface area contributed by atoms with Crippen LogP contribution < -0.4 is 0 Å². The number of amides is 1. The number of H-pyrrole nitrogens is 1. The zero-order chi connectivity index (χ0) is 20.0. The van der Waals surface area contributed by atoms with Gasteiger partial charge in [-0.2, -0.15) is 5.10 Å². The van der Waals surface area contributed by atoms with Gasteiger partial charge < -0.3 is 15.0 Å². The van der Waals surface area contributed by atoms with Crippen LogP contribution in [0.5, 0.6) is 0 Å². The first-order chi connectivity index (χ1) is 14.1. The van der Waals surface area contributed by atoms with Crippen LogP contribution in [0, 0.1) is 18.8 Å². The lowest BCUT2D eigenvalue weighted by Gasteiger charge is -2.34. The molecule has 3 aromatic rings. The van der Waals surface area contributed by atoms with Gasteiger partial charge in [-0.25, -0.2) is 14.6 Å². The topological polar surface area (TPSA) is 99.9 Å². The number of likely N-dealkylation sites (tertiary alicyclic amines) is 1. The first-order valence-corrected chi connectivity index (χ1v) is 10.9. The number of nitrogens with one attached hydrogen (secondary N) is 1. The van der Waals surface area contributed by atoms with E-state index >= 15 is 0 Å². The van der Waals surface area contributed by atoms with Gasteiger partial charge in [-0.15, -0.1) is 0 Å². The summed E-state index contributed by atoms with van der Waals surface area (Å²) in [4.78, 5) is 26.6. The molecular formula is C20H24N6O2S. The number of carbonyl (C=O) groups is 1. The van der Waals surface area contributed by atoms with Crippen LogP contribution in [0.2, 0.25) is 0 Å². The predicted octanol–water partition coefficient (Wildman–Crippen LogP) is 2.03. The molecule has 4 atom stereocenters. The Morgan fingerprint density at radius 1 is 1.31 bits per heavy atom. The number of fused-ring (bicyclic) bond motifs is 2. The largest absolute Gasteiger partial charge is 0.391 e. The van der Waals surface area contributed by atoms with E-state index < -0.39 is 6.10 Å². The maximum Gasteiger partial charge on any atom is 0.233 e.